The lowest BCUT2D eigenvalue weighted by Crippen LogP contribution is -2.04. The van der Waals surface area contributed by atoms with Crippen molar-refractivity contribution in [3.8, 4) is 22.5 Å². The average Bonchev–Trinajstić information content (AvgIpc) is 3.45. The third-order valence-corrected chi connectivity index (χ3v) is 7.00. The Balaban J connectivity index is 1.51. The molecule has 2 N–H and O–H groups in total. The fourth-order valence-electron chi connectivity index (χ4n) is 3.89. The lowest BCUT2D eigenvalue weighted by atomic mass is 9.98. The summed E-state index contributed by atoms with van der Waals surface area (Å²) >= 11 is 2.17. The van der Waals surface area contributed by atoms with Crippen LogP contribution in [0.25, 0.3) is 33.5 Å². The van der Waals surface area contributed by atoms with Gasteiger partial charge in [0.15, 0.2) is 5.82 Å². The van der Waals surface area contributed by atoms with E-state index in [0.29, 0.717) is 22.8 Å². The first-order valence-corrected chi connectivity index (χ1v) is 11.5. The Morgan fingerprint density at radius 3 is 2.47 bits per heavy atom. The van der Waals surface area contributed by atoms with Crippen molar-refractivity contribution in [3.63, 3.8) is 0 Å². The lowest BCUT2D eigenvalue weighted by molar-refractivity contribution is 0.0703. The van der Waals surface area contributed by atoms with Gasteiger partial charge in [-0.25, -0.2) is 9.78 Å². The molecule has 0 fully saturated rings. The van der Waals surface area contributed by atoms with Crippen LogP contribution in [0, 0.1) is 13.8 Å². The van der Waals surface area contributed by atoms with E-state index in [9.17, 15) is 14.7 Å². The van der Waals surface area contributed by atoms with E-state index < -0.39 is 5.97 Å². The Labute approximate surface area is 190 Å². The van der Waals surface area contributed by atoms with Crippen LogP contribution in [0.1, 0.15) is 25.9 Å². The van der Waals surface area contributed by atoms with E-state index in [1.807, 2.05) is 66.9 Å². The van der Waals surface area contributed by atoms with E-state index in [1.54, 1.807) is 0 Å². The number of carboxylic acid groups (broad SMARTS) is 1. The molecule has 5 aromatic rings. The number of thiophene rings is 1. The average molecular weight is 463 g/mol. The Morgan fingerprint density at radius 1 is 1.09 bits per heavy atom. The van der Waals surface area contributed by atoms with E-state index in [4.69, 9.17) is 0 Å². The maximum Gasteiger partial charge on any atom is 0.348 e. The molecule has 9 heteroatoms. The number of nitrogens with one attached hydrogen (secondary N) is 1. The van der Waals surface area contributed by atoms with Gasteiger partial charge < -0.3 is 9.67 Å². The highest BCUT2D eigenvalue weighted by molar-refractivity contribution is 7.15. The van der Waals surface area contributed by atoms with E-state index in [0.717, 1.165) is 50.0 Å². The van der Waals surface area contributed by atoms with Crippen LogP contribution in [0.4, 0.5) is 0 Å². The molecule has 0 spiro atoms. The monoisotopic (exact) mass is 462 g/mol. The number of H-pyrrole nitrogens is 1. The molecule has 32 heavy (non-hydrogen) atoms. The predicted octanol–water partition coefficient (Wildman–Crippen LogP) is 4.94. The van der Waals surface area contributed by atoms with Crippen molar-refractivity contribution < 1.29 is 9.90 Å². The highest BCUT2D eigenvalue weighted by atomic mass is 32.1. The molecule has 0 atom stereocenters. The van der Waals surface area contributed by atoms with Crippen molar-refractivity contribution in [2.75, 3.05) is 0 Å². The fourth-order valence-corrected chi connectivity index (χ4v) is 5.28. The van der Waals surface area contributed by atoms with Crippen molar-refractivity contribution in [2.24, 2.45) is 0 Å². The van der Waals surface area contributed by atoms with Crippen LogP contribution in [0.5, 0.6) is 0 Å². The number of imidazole rings is 1. The maximum absolute atomic E-state index is 11.7. The molecule has 7 nitrogen and oxygen atoms in total. The molecule has 0 bridgehead atoms. The molecule has 3 heterocycles. The van der Waals surface area contributed by atoms with Gasteiger partial charge in [0.05, 0.1) is 5.52 Å². The lowest BCUT2D eigenvalue weighted by Gasteiger charge is -2.10. The number of rotatable bonds is 5. The second-order valence-electron chi connectivity index (χ2n) is 7.42. The van der Waals surface area contributed by atoms with Gasteiger partial charge >= 0.3 is 10.8 Å². The normalized spacial score (nSPS) is 11.3. The quantitative estimate of drug-likeness (QED) is 0.385. The summed E-state index contributed by atoms with van der Waals surface area (Å²) in [6, 6.07) is 15.9. The molecule has 0 radical (unpaired) electrons. The van der Waals surface area contributed by atoms with Gasteiger partial charge in [0.1, 0.15) is 16.2 Å². The minimum Gasteiger partial charge on any atom is -0.477 e. The van der Waals surface area contributed by atoms with Gasteiger partial charge in [-0.3, -0.25) is 9.78 Å². The topological polar surface area (TPSA) is 101 Å². The highest BCUT2D eigenvalue weighted by Gasteiger charge is 2.21. The van der Waals surface area contributed by atoms with Crippen LogP contribution in [-0.4, -0.2) is 30.0 Å². The smallest absolute Gasteiger partial charge is 0.348 e. The van der Waals surface area contributed by atoms with Gasteiger partial charge in [-0.1, -0.05) is 48.5 Å². The number of fused-ring (bicyclic) bond motifs is 1. The number of aromatic amines is 1. The van der Waals surface area contributed by atoms with Crippen molar-refractivity contribution >= 4 is 39.9 Å². The first kappa shape index (κ1) is 20.3. The minimum absolute atomic E-state index is 0.184. The van der Waals surface area contributed by atoms with Crippen molar-refractivity contribution in [1.29, 1.82) is 0 Å². The zero-order valence-corrected chi connectivity index (χ0v) is 18.9. The Kier molecular flexibility index (Phi) is 4.99. The molecule has 160 valence electrons. The second kappa shape index (κ2) is 7.85. The molecule has 0 aliphatic carbocycles. The zero-order chi connectivity index (χ0) is 22.4. The van der Waals surface area contributed by atoms with Gasteiger partial charge in [0, 0.05) is 28.5 Å². The second-order valence-corrected chi connectivity index (χ2v) is 9.38. The number of hydrogen-bond acceptors (Lipinski definition) is 6. The van der Waals surface area contributed by atoms with Crippen LogP contribution in [0.3, 0.4) is 0 Å². The molecular weight excluding hydrogens is 444 g/mol. The summed E-state index contributed by atoms with van der Waals surface area (Å²) in [5.41, 5.74) is 5.32. The zero-order valence-electron chi connectivity index (χ0n) is 17.2. The third-order valence-electron chi connectivity index (χ3n) is 5.38. The third kappa shape index (κ3) is 3.45. The maximum atomic E-state index is 11.7. The number of nitrogens with zero attached hydrogens (tertiary/aromatic N) is 3. The van der Waals surface area contributed by atoms with Gasteiger partial charge in [0.25, 0.3) is 0 Å². The SMILES string of the molecule is Cc1sc(C(=O)O)c2c1nc(C)n2Cc1ccc(-c2ccccc2-c2nsc(=O)[nH]2)cc1. The van der Waals surface area contributed by atoms with Gasteiger partial charge in [-0.15, -0.1) is 11.3 Å². The molecular formula is C23H18N4O3S2. The van der Waals surface area contributed by atoms with E-state index >= 15 is 0 Å². The fraction of sp³-hybridized carbons (Fsp3) is 0.130. The molecule has 5 rings (SSSR count). The number of carbonyl (C=O) groups is 1. The van der Waals surface area contributed by atoms with E-state index in [2.05, 4.69) is 14.3 Å². The van der Waals surface area contributed by atoms with Crippen molar-refractivity contribution in [2.45, 2.75) is 20.4 Å². The summed E-state index contributed by atoms with van der Waals surface area (Å²) in [6.45, 7) is 4.33. The summed E-state index contributed by atoms with van der Waals surface area (Å²) in [6.07, 6.45) is 0. The van der Waals surface area contributed by atoms with Crippen molar-refractivity contribution in [3.05, 3.63) is 79.3 Å². The largest absolute Gasteiger partial charge is 0.477 e. The summed E-state index contributed by atoms with van der Waals surface area (Å²) in [7, 11) is 0. The Hall–Kier alpha value is -3.56. The number of carboxylic acids is 1. The Morgan fingerprint density at radius 2 is 1.81 bits per heavy atom. The molecule has 0 saturated heterocycles. The van der Waals surface area contributed by atoms with Crippen molar-refractivity contribution in [1.82, 2.24) is 18.9 Å². The number of aromatic nitrogens is 4. The summed E-state index contributed by atoms with van der Waals surface area (Å²) < 4.78 is 6.18. The van der Waals surface area contributed by atoms with Crippen LogP contribution < -0.4 is 4.87 Å². The van der Waals surface area contributed by atoms with Crippen LogP contribution >= 0.6 is 22.9 Å². The van der Waals surface area contributed by atoms with Crippen LogP contribution in [-0.2, 0) is 6.54 Å². The predicted molar refractivity (Wildman–Crippen MR) is 127 cm³/mol. The molecule has 0 aliphatic heterocycles. The van der Waals surface area contributed by atoms with Gasteiger partial charge in [0.2, 0.25) is 0 Å². The van der Waals surface area contributed by atoms with E-state index in [-0.39, 0.29) is 4.87 Å². The molecule has 3 aromatic heterocycles. The van der Waals surface area contributed by atoms with Gasteiger partial charge in [-0.05, 0) is 30.5 Å². The van der Waals surface area contributed by atoms with Crippen LogP contribution in [0.2, 0.25) is 0 Å². The van der Waals surface area contributed by atoms with Gasteiger partial charge in [-0.2, -0.15) is 4.37 Å². The Bertz CT molecular complexity index is 1520. The molecule has 0 saturated carbocycles. The molecule has 0 amide bonds. The number of benzene rings is 2. The summed E-state index contributed by atoms with van der Waals surface area (Å²) in [4.78, 5) is 31.7. The molecule has 0 unspecified atom stereocenters. The summed E-state index contributed by atoms with van der Waals surface area (Å²) in [5.74, 6) is 0.418. The first-order valence-electron chi connectivity index (χ1n) is 9.86. The number of aromatic carboxylic acids is 1. The van der Waals surface area contributed by atoms with Crippen LogP contribution in [0.15, 0.2) is 53.3 Å². The standard InChI is InChI=1S/C23H18N4O3S2/c1-12-18-19(20(31-12)22(28)29)27(13(2)24-18)11-14-7-9-15(10-8-14)16-5-3-4-6-17(16)21-25-23(30)32-26-21/h3-10H,11H2,1-2H3,(H,28,29)(H,25,26,30). The van der Waals surface area contributed by atoms with E-state index in [1.165, 1.54) is 11.3 Å². The highest BCUT2D eigenvalue weighted by Crippen LogP contribution is 2.33. The first-order chi connectivity index (χ1) is 15.4. The molecule has 2 aromatic carbocycles. The number of aryl methyl sites for hydroxylation is 2. The number of hydrogen-bond donors (Lipinski definition) is 2. The molecule has 0 aliphatic rings. The minimum atomic E-state index is -0.929. The summed E-state index contributed by atoms with van der Waals surface area (Å²) in [5, 5.41) is 9.62.